The highest BCUT2D eigenvalue weighted by molar-refractivity contribution is 6.24. The van der Waals surface area contributed by atoms with Gasteiger partial charge in [0.15, 0.2) is 11.4 Å². The number of phenols is 1. The van der Waals surface area contributed by atoms with E-state index >= 15 is 0 Å². The molecule has 1 amide bonds. The van der Waals surface area contributed by atoms with Crippen LogP contribution in [0.1, 0.15) is 55.7 Å². The second-order valence-electron chi connectivity index (χ2n) is 11.6. The first-order valence-electron chi connectivity index (χ1n) is 13.8. The summed E-state index contributed by atoms with van der Waals surface area (Å²) in [5.74, 6) is -9.95. The summed E-state index contributed by atoms with van der Waals surface area (Å²) < 4.78 is 6.11. The van der Waals surface area contributed by atoms with Gasteiger partial charge in [-0.1, -0.05) is 37.8 Å². The molecule has 0 bridgehead atoms. The van der Waals surface area contributed by atoms with Crippen LogP contribution in [0.4, 0.5) is 0 Å². The maximum atomic E-state index is 14.2. The number of nitrogens with zero attached hydrogens (tertiary/aromatic N) is 1. The number of aromatic hydroxyl groups is 1. The van der Waals surface area contributed by atoms with Crippen LogP contribution in [0.15, 0.2) is 35.1 Å². The van der Waals surface area contributed by atoms with Crippen LogP contribution in [-0.2, 0) is 23.9 Å². The minimum Gasteiger partial charge on any atom is -0.508 e. The normalized spacial score (nSPS) is 32.3. The number of carbonyl (C=O) groups is 4. The second-order valence-corrected chi connectivity index (χ2v) is 11.6. The van der Waals surface area contributed by atoms with Gasteiger partial charge in [0.05, 0.1) is 23.4 Å². The first kappa shape index (κ1) is 28.8. The summed E-state index contributed by atoms with van der Waals surface area (Å²) in [6.07, 6.45) is 3.16. The molecule has 2 fully saturated rings. The number of esters is 1. The van der Waals surface area contributed by atoms with Gasteiger partial charge in [0, 0.05) is 17.5 Å². The van der Waals surface area contributed by atoms with Crippen LogP contribution in [-0.4, -0.2) is 80.6 Å². The Morgan fingerprint density at radius 2 is 1.68 bits per heavy atom. The molecule has 8 N–H and O–H groups in total. The van der Waals surface area contributed by atoms with E-state index in [-0.39, 0.29) is 11.1 Å². The maximum Gasteiger partial charge on any atom is 0.309 e. The lowest BCUT2D eigenvalue weighted by Crippen LogP contribution is -2.71. The number of rotatable bonds is 4. The second kappa shape index (κ2) is 10.3. The van der Waals surface area contributed by atoms with Crippen LogP contribution in [0.5, 0.6) is 5.75 Å². The van der Waals surface area contributed by atoms with Gasteiger partial charge in [-0.2, -0.15) is 0 Å². The summed E-state index contributed by atoms with van der Waals surface area (Å²) in [6.45, 7) is 0. The number of phenolic OH excluding ortho intramolecular Hbond substituents is 1. The molecule has 2 saturated carbocycles. The van der Waals surface area contributed by atoms with E-state index < -0.39 is 93.4 Å². The summed E-state index contributed by atoms with van der Waals surface area (Å²) >= 11 is 0. The first-order chi connectivity index (χ1) is 19.3. The number of ether oxygens (including phenoxy) is 1. The number of carbonyl (C=O) groups excluding carboxylic acids is 4. The Hall–Kier alpha value is -3.74. The van der Waals surface area contributed by atoms with E-state index in [9.17, 15) is 39.6 Å². The quantitative estimate of drug-likeness (QED) is 0.170. The van der Waals surface area contributed by atoms with Crippen molar-refractivity contribution in [2.24, 2.45) is 29.2 Å². The molecule has 41 heavy (non-hydrogen) atoms. The van der Waals surface area contributed by atoms with E-state index in [2.05, 4.69) is 0 Å². The number of fused-ring (bicyclic) bond motifs is 3. The number of hydrogen-bond acceptors (Lipinski definition) is 11. The van der Waals surface area contributed by atoms with E-state index in [1.807, 2.05) is 0 Å². The molecule has 6 atom stereocenters. The molecule has 5 rings (SSSR count). The van der Waals surface area contributed by atoms with Crippen LogP contribution in [0.25, 0.3) is 5.76 Å². The van der Waals surface area contributed by atoms with Gasteiger partial charge in [-0.15, -0.1) is 0 Å². The maximum absolute atomic E-state index is 14.2. The van der Waals surface area contributed by atoms with Crippen molar-refractivity contribution in [2.45, 2.75) is 62.3 Å². The third-order valence-corrected chi connectivity index (χ3v) is 9.12. The molecule has 0 aromatic heterocycles. The molecule has 12 heteroatoms. The zero-order chi connectivity index (χ0) is 30.0. The summed E-state index contributed by atoms with van der Waals surface area (Å²) in [4.78, 5) is 55.1. The van der Waals surface area contributed by atoms with Crippen molar-refractivity contribution < 1.29 is 44.3 Å². The molecule has 0 aliphatic heterocycles. The molecule has 0 radical (unpaired) electrons. The van der Waals surface area contributed by atoms with Gasteiger partial charge < -0.3 is 36.6 Å². The average Bonchev–Trinajstić information content (AvgIpc) is 3.20. The van der Waals surface area contributed by atoms with Gasteiger partial charge >= 0.3 is 5.97 Å². The van der Waals surface area contributed by atoms with Gasteiger partial charge in [-0.05, 0) is 38.6 Å². The van der Waals surface area contributed by atoms with Crippen molar-refractivity contribution in [3.05, 3.63) is 46.2 Å². The van der Waals surface area contributed by atoms with Crippen molar-refractivity contribution in [2.75, 3.05) is 14.1 Å². The van der Waals surface area contributed by atoms with E-state index in [0.29, 0.717) is 12.8 Å². The van der Waals surface area contributed by atoms with Gasteiger partial charge in [0.2, 0.25) is 5.78 Å². The lowest BCUT2D eigenvalue weighted by Gasteiger charge is -2.54. The van der Waals surface area contributed by atoms with Crippen molar-refractivity contribution in [3.63, 3.8) is 0 Å². The molecule has 4 aliphatic rings. The van der Waals surface area contributed by atoms with E-state index in [0.717, 1.165) is 25.7 Å². The molecule has 0 spiro atoms. The van der Waals surface area contributed by atoms with Crippen molar-refractivity contribution in [3.8, 4) is 5.75 Å². The number of primary amides is 1. The average molecular weight is 570 g/mol. The van der Waals surface area contributed by atoms with E-state index in [4.69, 9.17) is 16.2 Å². The summed E-state index contributed by atoms with van der Waals surface area (Å²) in [5.41, 5.74) is 7.73. The Labute approximate surface area is 236 Å². The van der Waals surface area contributed by atoms with E-state index in [1.54, 1.807) is 6.07 Å². The topological polar surface area (TPSA) is 214 Å². The van der Waals surface area contributed by atoms with Crippen LogP contribution >= 0.6 is 0 Å². The highest BCUT2D eigenvalue weighted by Crippen LogP contribution is 2.56. The van der Waals surface area contributed by atoms with Crippen molar-refractivity contribution >= 4 is 29.2 Å². The molecule has 0 heterocycles. The third kappa shape index (κ3) is 4.15. The Bertz CT molecular complexity index is 1390. The fourth-order valence-corrected chi connectivity index (χ4v) is 7.18. The fraction of sp³-hybridized carbons (Fsp3) is 0.517. The number of hydrogen-bond donors (Lipinski definition) is 6. The number of aliphatic hydroxyl groups excluding tert-OH is 2. The zero-order valence-corrected chi connectivity index (χ0v) is 22.9. The zero-order valence-electron chi connectivity index (χ0n) is 22.9. The monoisotopic (exact) mass is 569 g/mol. The number of aliphatic hydroxyl groups is 3. The van der Waals surface area contributed by atoms with Gasteiger partial charge in [-0.25, -0.2) is 0 Å². The minimum atomic E-state index is -3.00. The number of amides is 1. The predicted octanol–water partition coefficient (Wildman–Crippen LogP) is 0.913. The molecular weight excluding hydrogens is 534 g/mol. The SMILES string of the molecule is CN(C)[C@@H]1C(=O)C(C(N)=O)=C(O)[C@@]2(O)C(=O)C3=C(O)c4c(O)cccc4[C@H](N)[C@H]3[C@H](OC(=O)C3CCCCCC3)[C@@H]12. The molecule has 0 saturated heterocycles. The molecule has 220 valence electrons. The summed E-state index contributed by atoms with van der Waals surface area (Å²) in [7, 11) is 2.94. The van der Waals surface area contributed by atoms with Gasteiger partial charge in [0.25, 0.3) is 5.91 Å². The molecule has 12 nitrogen and oxygen atoms in total. The predicted molar refractivity (Wildman–Crippen MR) is 144 cm³/mol. The highest BCUT2D eigenvalue weighted by atomic mass is 16.5. The lowest BCUT2D eigenvalue weighted by atomic mass is 9.55. The summed E-state index contributed by atoms with van der Waals surface area (Å²) in [6, 6.07) is 1.74. The molecule has 1 aromatic rings. The van der Waals surface area contributed by atoms with Gasteiger partial charge in [0.1, 0.15) is 28.9 Å². The Morgan fingerprint density at radius 1 is 1.05 bits per heavy atom. The smallest absolute Gasteiger partial charge is 0.309 e. The Balaban J connectivity index is 1.78. The fourth-order valence-electron chi connectivity index (χ4n) is 7.18. The molecular formula is C29H35N3O9. The standard InChI is InChI=1S/C29H35N3O9/c1-32(2)21-19-24(41-28(39)12-8-5-3-4-6-9-12)16-17(22(34)15-13(20(16)30)10-7-11-14(15)33)25(36)29(19,40)26(37)18(23(21)35)27(31)38/h7,10-12,16,19-21,24,33-34,37,40H,3-6,8-9,30H2,1-2H3,(H2,31,38)/t16-,19+,20-,21-,24-,29-/m0/s1. The molecule has 0 unspecified atom stereocenters. The summed E-state index contributed by atoms with van der Waals surface area (Å²) in [5, 5.41) is 45.3. The number of benzene rings is 1. The van der Waals surface area contributed by atoms with E-state index in [1.165, 1.54) is 31.1 Å². The van der Waals surface area contributed by atoms with Crippen LogP contribution < -0.4 is 11.5 Å². The highest BCUT2D eigenvalue weighted by Gasteiger charge is 2.69. The number of nitrogens with two attached hydrogens (primary N) is 2. The Kier molecular flexibility index (Phi) is 7.21. The van der Waals surface area contributed by atoms with Crippen LogP contribution in [0.2, 0.25) is 0 Å². The van der Waals surface area contributed by atoms with Gasteiger partial charge in [-0.3, -0.25) is 24.1 Å². The number of likely N-dealkylation sites (N-methyl/N-ethyl adjacent to an activating group) is 1. The largest absolute Gasteiger partial charge is 0.508 e. The minimum absolute atomic E-state index is 0.148. The van der Waals surface area contributed by atoms with Crippen LogP contribution in [0.3, 0.4) is 0 Å². The van der Waals surface area contributed by atoms with Crippen molar-refractivity contribution in [1.82, 2.24) is 4.90 Å². The lowest BCUT2D eigenvalue weighted by molar-refractivity contribution is -0.188. The number of ketones is 2. The molecule has 1 aromatic carbocycles. The Morgan fingerprint density at radius 3 is 2.27 bits per heavy atom. The van der Waals surface area contributed by atoms with Crippen molar-refractivity contribution in [1.29, 1.82) is 0 Å². The third-order valence-electron chi connectivity index (χ3n) is 9.12. The van der Waals surface area contributed by atoms with Crippen LogP contribution in [0, 0.1) is 17.8 Å². The number of Topliss-reactive ketones (excluding diaryl/α,β-unsaturated/α-hetero) is 2. The molecule has 4 aliphatic carbocycles. The first-order valence-corrected chi connectivity index (χ1v) is 13.8.